The van der Waals surface area contributed by atoms with Crippen molar-refractivity contribution in [1.82, 2.24) is 5.32 Å². The highest BCUT2D eigenvalue weighted by atomic mass is 32.2. The van der Waals surface area contributed by atoms with Crippen LogP contribution >= 0.6 is 0 Å². The molecule has 0 aromatic carbocycles. The number of hydrogen-bond donors (Lipinski definition) is 2. The van der Waals surface area contributed by atoms with Crippen LogP contribution in [0.2, 0.25) is 0 Å². The quantitative estimate of drug-likeness (QED) is 0.557. The van der Waals surface area contributed by atoms with Gasteiger partial charge in [0.25, 0.3) is 0 Å². The molecule has 0 heterocycles. The molecule has 0 amide bonds. The average molecular weight is 253 g/mol. The first-order valence-electron chi connectivity index (χ1n) is 5.37. The van der Waals surface area contributed by atoms with Gasteiger partial charge in [0.05, 0.1) is 18.0 Å². The fourth-order valence-corrected chi connectivity index (χ4v) is 2.00. The lowest BCUT2D eigenvalue weighted by atomic mass is 9.99. The van der Waals surface area contributed by atoms with Gasteiger partial charge in [-0.2, -0.15) is 0 Å². The molecule has 0 rings (SSSR count). The Bertz CT molecular complexity index is 275. The third-order valence-corrected chi connectivity index (χ3v) is 3.28. The van der Waals surface area contributed by atoms with Gasteiger partial charge in [-0.25, -0.2) is 8.42 Å². The Morgan fingerprint density at radius 1 is 1.31 bits per heavy atom. The lowest BCUT2D eigenvalue weighted by Gasteiger charge is -2.22. The second-order valence-electron chi connectivity index (χ2n) is 4.37. The number of sulfone groups is 1. The predicted octanol–water partition coefficient (Wildman–Crippen LogP) is -0.202. The van der Waals surface area contributed by atoms with Gasteiger partial charge in [0.1, 0.15) is 9.84 Å². The molecule has 0 aliphatic rings. The first-order chi connectivity index (χ1) is 7.27. The molecule has 16 heavy (non-hydrogen) atoms. The van der Waals surface area contributed by atoms with Crippen LogP contribution in [0.25, 0.3) is 0 Å². The molecule has 1 atom stereocenters. The van der Waals surface area contributed by atoms with Crippen molar-refractivity contribution < 1.29 is 18.3 Å². The summed E-state index contributed by atoms with van der Waals surface area (Å²) in [6.07, 6.45) is 1.99. The number of nitrogens with one attached hydrogen (secondary N) is 1. The Hall–Kier alpha value is -0.170. The molecule has 0 aromatic heterocycles. The standard InChI is InChI=1S/C10H23NO4S/c1-10(12,5-9-16(3,13)14)4-6-11-7-8-15-2/h11-12H,4-9H2,1-3H3. The second kappa shape index (κ2) is 7.21. The van der Waals surface area contributed by atoms with E-state index in [1.807, 2.05) is 0 Å². The maximum atomic E-state index is 10.9. The van der Waals surface area contributed by atoms with Crippen LogP contribution in [0.4, 0.5) is 0 Å². The minimum Gasteiger partial charge on any atom is -0.390 e. The molecule has 2 N–H and O–H groups in total. The summed E-state index contributed by atoms with van der Waals surface area (Å²) in [6, 6.07) is 0. The number of aliphatic hydroxyl groups is 1. The summed E-state index contributed by atoms with van der Waals surface area (Å²) >= 11 is 0. The number of methoxy groups -OCH3 is 1. The Morgan fingerprint density at radius 2 is 1.94 bits per heavy atom. The van der Waals surface area contributed by atoms with Gasteiger partial charge < -0.3 is 15.2 Å². The topological polar surface area (TPSA) is 75.6 Å². The fraction of sp³-hybridized carbons (Fsp3) is 1.00. The summed E-state index contributed by atoms with van der Waals surface area (Å²) in [6.45, 7) is 3.68. The van der Waals surface area contributed by atoms with Crippen LogP contribution in [0.3, 0.4) is 0 Å². The Morgan fingerprint density at radius 3 is 2.44 bits per heavy atom. The maximum Gasteiger partial charge on any atom is 0.147 e. The van der Waals surface area contributed by atoms with Crippen molar-refractivity contribution in [3.8, 4) is 0 Å². The summed E-state index contributed by atoms with van der Waals surface area (Å²) in [5, 5.41) is 13.0. The third-order valence-electron chi connectivity index (χ3n) is 2.33. The van der Waals surface area contributed by atoms with Gasteiger partial charge in [-0.15, -0.1) is 0 Å². The Labute approximate surface area is 98.1 Å². The van der Waals surface area contributed by atoms with E-state index in [1.54, 1.807) is 14.0 Å². The molecule has 6 heteroatoms. The molecule has 0 radical (unpaired) electrons. The van der Waals surface area contributed by atoms with Crippen molar-refractivity contribution in [2.75, 3.05) is 38.8 Å². The van der Waals surface area contributed by atoms with Crippen molar-refractivity contribution in [1.29, 1.82) is 0 Å². The number of hydrogen-bond acceptors (Lipinski definition) is 5. The van der Waals surface area contributed by atoms with Crippen molar-refractivity contribution in [2.24, 2.45) is 0 Å². The maximum absolute atomic E-state index is 10.9. The monoisotopic (exact) mass is 253 g/mol. The van der Waals surface area contributed by atoms with Crippen LogP contribution < -0.4 is 5.32 Å². The highest BCUT2D eigenvalue weighted by Crippen LogP contribution is 2.14. The van der Waals surface area contributed by atoms with E-state index in [-0.39, 0.29) is 12.2 Å². The van der Waals surface area contributed by atoms with Crippen LogP contribution in [-0.2, 0) is 14.6 Å². The van der Waals surface area contributed by atoms with Crippen LogP contribution in [0.15, 0.2) is 0 Å². The Balaban J connectivity index is 3.70. The molecule has 0 aliphatic carbocycles. The van der Waals surface area contributed by atoms with Gasteiger partial charge in [-0.1, -0.05) is 0 Å². The molecule has 0 bridgehead atoms. The van der Waals surface area contributed by atoms with Crippen LogP contribution in [0.5, 0.6) is 0 Å². The molecule has 5 nitrogen and oxygen atoms in total. The average Bonchev–Trinajstić information content (AvgIpc) is 2.14. The highest BCUT2D eigenvalue weighted by Gasteiger charge is 2.21. The lowest BCUT2D eigenvalue weighted by molar-refractivity contribution is 0.0475. The number of ether oxygens (including phenoxy) is 1. The van der Waals surface area contributed by atoms with Crippen LogP contribution in [-0.4, -0.2) is 57.9 Å². The SMILES string of the molecule is COCCNCCC(C)(O)CCS(C)(=O)=O. The van der Waals surface area contributed by atoms with Gasteiger partial charge in [0.15, 0.2) is 0 Å². The molecule has 98 valence electrons. The van der Waals surface area contributed by atoms with E-state index in [1.165, 1.54) is 6.26 Å². The molecule has 0 aromatic rings. The molecular weight excluding hydrogens is 230 g/mol. The second-order valence-corrected chi connectivity index (χ2v) is 6.63. The Kier molecular flexibility index (Phi) is 7.14. The molecule has 0 aliphatic heterocycles. The van der Waals surface area contributed by atoms with Gasteiger partial charge in [0.2, 0.25) is 0 Å². The van der Waals surface area contributed by atoms with Gasteiger partial charge in [-0.3, -0.25) is 0 Å². The normalized spacial score (nSPS) is 16.0. The van der Waals surface area contributed by atoms with E-state index >= 15 is 0 Å². The fourth-order valence-electron chi connectivity index (χ4n) is 1.19. The van der Waals surface area contributed by atoms with Crippen molar-refractivity contribution in [3.63, 3.8) is 0 Å². The van der Waals surface area contributed by atoms with E-state index in [9.17, 15) is 13.5 Å². The smallest absolute Gasteiger partial charge is 0.147 e. The van der Waals surface area contributed by atoms with E-state index in [0.717, 1.165) is 6.54 Å². The van der Waals surface area contributed by atoms with Gasteiger partial charge >= 0.3 is 0 Å². The molecule has 0 saturated heterocycles. The van der Waals surface area contributed by atoms with Gasteiger partial charge in [-0.05, 0) is 26.3 Å². The first-order valence-corrected chi connectivity index (χ1v) is 7.43. The van der Waals surface area contributed by atoms with Crippen LogP contribution in [0.1, 0.15) is 19.8 Å². The third kappa shape index (κ3) is 10.4. The number of rotatable bonds is 9. The van der Waals surface area contributed by atoms with Crippen molar-refractivity contribution in [2.45, 2.75) is 25.4 Å². The van der Waals surface area contributed by atoms with Gasteiger partial charge in [0, 0.05) is 19.9 Å². The van der Waals surface area contributed by atoms with Crippen LogP contribution in [0, 0.1) is 0 Å². The minimum absolute atomic E-state index is 0.0259. The van der Waals surface area contributed by atoms with E-state index < -0.39 is 15.4 Å². The zero-order valence-corrected chi connectivity index (χ0v) is 11.1. The molecular formula is C10H23NO4S. The molecule has 0 fully saturated rings. The zero-order chi connectivity index (χ0) is 12.7. The summed E-state index contributed by atoms with van der Waals surface area (Å²) in [4.78, 5) is 0. The molecule has 0 spiro atoms. The van der Waals surface area contributed by atoms with E-state index in [2.05, 4.69) is 5.32 Å². The summed E-state index contributed by atoms with van der Waals surface area (Å²) in [7, 11) is -1.37. The van der Waals surface area contributed by atoms with E-state index in [4.69, 9.17) is 4.74 Å². The summed E-state index contributed by atoms with van der Waals surface area (Å²) in [5.74, 6) is 0.0259. The lowest BCUT2D eigenvalue weighted by Crippen LogP contribution is -2.33. The molecule has 0 saturated carbocycles. The first kappa shape index (κ1) is 15.8. The van der Waals surface area contributed by atoms with Crippen molar-refractivity contribution in [3.05, 3.63) is 0 Å². The van der Waals surface area contributed by atoms with E-state index in [0.29, 0.717) is 19.6 Å². The highest BCUT2D eigenvalue weighted by molar-refractivity contribution is 7.90. The molecule has 1 unspecified atom stereocenters. The summed E-state index contributed by atoms with van der Waals surface area (Å²) in [5.41, 5.74) is -0.927. The van der Waals surface area contributed by atoms with Crippen molar-refractivity contribution >= 4 is 9.84 Å². The summed E-state index contributed by atoms with van der Waals surface area (Å²) < 4.78 is 26.8. The zero-order valence-electron chi connectivity index (χ0n) is 10.3. The minimum atomic E-state index is -3.00. The predicted molar refractivity (Wildman–Crippen MR) is 64.3 cm³/mol. The largest absolute Gasteiger partial charge is 0.390 e.